The number of carbonyl (C=O) groups is 2. The summed E-state index contributed by atoms with van der Waals surface area (Å²) in [5.41, 5.74) is 1.51. The fourth-order valence-corrected chi connectivity index (χ4v) is 4.75. The SMILES string of the molecule is CC[C@@H](C)NC(=O)[C@H](CC)N(Cc1ccccc1C)C(=O)CN(c1ccccc1F)S(=O)(=O)N(C)C. The third kappa shape index (κ3) is 7.04. The van der Waals surface area contributed by atoms with Crippen molar-refractivity contribution in [1.82, 2.24) is 14.5 Å². The summed E-state index contributed by atoms with van der Waals surface area (Å²) < 4.78 is 42.7. The zero-order valence-corrected chi connectivity index (χ0v) is 22.7. The third-order valence-corrected chi connectivity index (χ3v) is 7.93. The number of nitrogens with one attached hydrogen (secondary N) is 1. The lowest BCUT2D eigenvalue weighted by atomic mass is 10.1. The second-order valence-electron chi connectivity index (χ2n) is 8.94. The number of nitrogens with zero attached hydrogens (tertiary/aromatic N) is 3. The zero-order chi connectivity index (χ0) is 27.0. The zero-order valence-electron chi connectivity index (χ0n) is 21.9. The lowest BCUT2D eigenvalue weighted by Gasteiger charge is -2.34. The second kappa shape index (κ2) is 12.8. The Bertz CT molecular complexity index is 1160. The fourth-order valence-electron chi connectivity index (χ4n) is 3.69. The van der Waals surface area contributed by atoms with Crippen molar-refractivity contribution in [2.24, 2.45) is 0 Å². The van der Waals surface area contributed by atoms with Gasteiger partial charge in [-0.25, -0.2) is 8.70 Å². The molecule has 0 aliphatic heterocycles. The van der Waals surface area contributed by atoms with Crippen LogP contribution in [0.1, 0.15) is 44.7 Å². The first-order chi connectivity index (χ1) is 16.9. The molecule has 0 aliphatic carbocycles. The monoisotopic (exact) mass is 520 g/mol. The standard InChI is InChI=1S/C26H37FN4O4S/c1-7-20(4)28-26(33)23(8-2)30(17-21-14-10-9-13-19(21)3)25(32)18-31(36(34,35)29(5)6)24-16-12-11-15-22(24)27/h9-16,20,23H,7-8,17-18H2,1-6H3,(H,28,33)/t20-,23+/m1/s1. The first-order valence-electron chi connectivity index (χ1n) is 12.0. The van der Waals surface area contributed by atoms with Crippen molar-refractivity contribution in [3.63, 3.8) is 0 Å². The van der Waals surface area contributed by atoms with Crippen LogP contribution < -0.4 is 9.62 Å². The highest BCUT2D eigenvalue weighted by molar-refractivity contribution is 7.90. The molecule has 0 heterocycles. The maximum atomic E-state index is 14.7. The van der Waals surface area contributed by atoms with E-state index >= 15 is 0 Å². The molecule has 0 saturated heterocycles. The normalized spacial score (nSPS) is 13.2. The van der Waals surface area contributed by atoms with E-state index in [1.807, 2.05) is 45.0 Å². The van der Waals surface area contributed by atoms with Gasteiger partial charge in [0, 0.05) is 26.7 Å². The molecule has 2 aromatic carbocycles. The number of hydrogen-bond donors (Lipinski definition) is 1. The van der Waals surface area contributed by atoms with Gasteiger partial charge in [0.25, 0.3) is 0 Å². The molecule has 2 atom stereocenters. The Morgan fingerprint density at radius 3 is 2.17 bits per heavy atom. The summed E-state index contributed by atoms with van der Waals surface area (Å²) in [6.45, 7) is 6.96. The van der Waals surface area contributed by atoms with Crippen molar-refractivity contribution in [3.8, 4) is 0 Å². The van der Waals surface area contributed by atoms with Crippen LogP contribution in [0.4, 0.5) is 10.1 Å². The summed E-state index contributed by atoms with van der Waals surface area (Å²) in [6, 6.07) is 11.9. The van der Waals surface area contributed by atoms with Gasteiger partial charge in [-0.2, -0.15) is 12.7 Å². The van der Waals surface area contributed by atoms with Gasteiger partial charge in [0.2, 0.25) is 11.8 Å². The van der Waals surface area contributed by atoms with Gasteiger partial charge < -0.3 is 10.2 Å². The molecule has 0 radical (unpaired) electrons. The van der Waals surface area contributed by atoms with Gasteiger partial charge in [-0.3, -0.25) is 9.59 Å². The smallest absolute Gasteiger partial charge is 0.304 e. The number of anilines is 1. The van der Waals surface area contributed by atoms with Gasteiger partial charge in [-0.15, -0.1) is 0 Å². The molecule has 2 aromatic rings. The highest BCUT2D eigenvalue weighted by atomic mass is 32.2. The summed E-state index contributed by atoms with van der Waals surface area (Å²) in [5, 5.41) is 2.93. The minimum absolute atomic E-state index is 0.0917. The van der Waals surface area contributed by atoms with Gasteiger partial charge in [0.1, 0.15) is 18.4 Å². The number of amides is 2. The van der Waals surface area contributed by atoms with E-state index in [0.29, 0.717) is 6.42 Å². The summed E-state index contributed by atoms with van der Waals surface area (Å²) >= 11 is 0. The molecule has 8 nitrogen and oxygen atoms in total. The summed E-state index contributed by atoms with van der Waals surface area (Å²) in [5.74, 6) is -1.71. The van der Waals surface area contributed by atoms with Gasteiger partial charge in [0.05, 0.1) is 5.69 Å². The maximum absolute atomic E-state index is 14.7. The minimum Gasteiger partial charge on any atom is -0.352 e. The van der Waals surface area contributed by atoms with Gasteiger partial charge in [-0.05, 0) is 49.9 Å². The number of rotatable bonds is 12. The molecule has 0 unspecified atom stereocenters. The Morgan fingerprint density at radius 2 is 1.61 bits per heavy atom. The van der Waals surface area contributed by atoms with Gasteiger partial charge >= 0.3 is 10.2 Å². The van der Waals surface area contributed by atoms with E-state index in [4.69, 9.17) is 0 Å². The van der Waals surface area contributed by atoms with Crippen LogP contribution in [0.3, 0.4) is 0 Å². The lowest BCUT2D eigenvalue weighted by Crippen LogP contribution is -2.54. The largest absolute Gasteiger partial charge is 0.352 e. The molecule has 10 heteroatoms. The van der Waals surface area contributed by atoms with E-state index in [9.17, 15) is 22.4 Å². The first-order valence-corrected chi connectivity index (χ1v) is 13.4. The van der Waals surface area contributed by atoms with E-state index in [1.54, 1.807) is 6.92 Å². The first kappa shape index (κ1) is 29.3. The van der Waals surface area contributed by atoms with Crippen LogP contribution >= 0.6 is 0 Å². The number of aryl methyl sites for hydroxylation is 1. The molecular weight excluding hydrogens is 483 g/mol. The summed E-state index contributed by atoms with van der Waals surface area (Å²) in [7, 11) is -1.60. The molecule has 0 saturated carbocycles. The van der Waals surface area contributed by atoms with Crippen LogP contribution in [0.15, 0.2) is 48.5 Å². The molecule has 0 aliphatic rings. The molecule has 0 bridgehead atoms. The van der Waals surface area contributed by atoms with Gasteiger partial charge in [-0.1, -0.05) is 50.2 Å². The van der Waals surface area contributed by atoms with E-state index in [0.717, 1.165) is 32.2 Å². The molecule has 2 amide bonds. The fraction of sp³-hybridized carbons (Fsp3) is 0.462. The number of para-hydroxylation sites is 1. The molecule has 2 rings (SSSR count). The summed E-state index contributed by atoms with van der Waals surface area (Å²) in [6.07, 6.45) is 1.04. The Balaban J connectivity index is 2.54. The number of halogens is 1. The molecule has 1 N–H and O–H groups in total. The van der Waals surface area contributed by atoms with Gasteiger partial charge in [0.15, 0.2) is 0 Å². The molecule has 0 fully saturated rings. The Labute approximate surface area is 214 Å². The molecule has 36 heavy (non-hydrogen) atoms. The quantitative estimate of drug-likeness (QED) is 0.464. The topological polar surface area (TPSA) is 90.0 Å². The van der Waals surface area contributed by atoms with Crippen molar-refractivity contribution in [3.05, 3.63) is 65.5 Å². The van der Waals surface area contributed by atoms with E-state index in [-0.39, 0.29) is 24.2 Å². The molecule has 0 spiro atoms. The van der Waals surface area contributed by atoms with Crippen LogP contribution in [-0.4, -0.2) is 62.2 Å². The average molecular weight is 521 g/mol. The van der Waals surface area contributed by atoms with Crippen LogP contribution in [0.25, 0.3) is 0 Å². The van der Waals surface area contributed by atoms with Crippen LogP contribution in [0.2, 0.25) is 0 Å². The highest BCUT2D eigenvalue weighted by Crippen LogP contribution is 2.24. The molecule has 0 aromatic heterocycles. The van der Waals surface area contributed by atoms with Crippen molar-refractivity contribution in [2.45, 2.75) is 59.2 Å². The number of carbonyl (C=O) groups excluding carboxylic acids is 2. The van der Waals surface area contributed by atoms with E-state index in [1.165, 1.54) is 37.2 Å². The summed E-state index contributed by atoms with van der Waals surface area (Å²) in [4.78, 5) is 28.3. The van der Waals surface area contributed by atoms with E-state index < -0.39 is 34.5 Å². The Kier molecular flexibility index (Phi) is 10.4. The van der Waals surface area contributed by atoms with Crippen molar-refractivity contribution in [2.75, 3.05) is 24.9 Å². The lowest BCUT2D eigenvalue weighted by molar-refractivity contribution is -0.140. The Hall–Kier alpha value is -2.98. The Morgan fingerprint density at radius 1 is 1.00 bits per heavy atom. The number of hydrogen-bond acceptors (Lipinski definition) is 4. The van der Waals surface area contributed by atoms with Crippen LogP contribution in [0.5, 0.6) is 0 Å². The third-order valence-electron chi connectivity index (χ3n) is 6.13. The molecular formula is C26H37FN4O4S. The average Bonchev–Trinajstić information content (AvgIpc) is 2.83. The number of benzene rings is 2. The van der Waals surface area contributed by atoms with Crippen molar-refractivity contribution >= 4 is 27.7 Å². The molecule has 198 valence electrons. The minimum atomic E-state index is -4.22. The predicted molar refractivity (Wildman–Crippen MR) is 140 cm³/mol. The maximum Gasteiger partial charge on any atom is 0.304 e. The van der Waals surface area contributed by atoms with E-state index in [2.05, 4.69) is 5.32 Å². The van der Waals surface area contributed by atoms with Crippen LogP contribution in [0, 0.1) is 12.7 Å². The second-order valence-corrected chi connectivity index (χ2v) is 11.0. The highest BCUT2D eigenvalue weighted by Gasteiger charge is 2.35. The van der Waals surface area contributed by atoms with Crippen molar-refractivity contribution < 1.29 is 22.4 Å². The van der Waals surface area contributed by atoms with Crippen molar-refractivity contribution in [1.29, 1.82) is 0 Å². The predicted octanol–water partition coefficient (Wildman–Crippen LogP) is 3.47. The van der Waals surface area contributed by atoms with Crippen LogP contribution in [-0.2, 0) is 26.3 Å².